The molecule has 11 nitrogen and oxygen atoms in total. The topological polar surface area (TPSA) is 162 Å². The van der Waals surface area contributed by atoms with E-state index < -0.39 is 23.6 Å². The summed E-state index contributed by atoms with van der Waals surface area (Å²) in [5.74, 6) is 1.32. The number of carbonyl (C=O) groups is 2. The van der Waals surface area contributed by atoms with E-state index in [2.05, 4.69) is 50.2 Å². The van der Waals surface area contributed by atoms with Gasteiger partial charge in [-0.05, 0) is 83.4 Å². The number of allylic oxidation sites excluding steroid dienone is 2. The molecule has 334 valence electrons. The van der Waals surface area contributed by atoms with E-state index in [1.807, 2.05) is 33.9 Å². The zero-order valence-electron chi connectivity index (χ0n) is 37.4. The van der Waals surface area contributed by atoms with Crippen LogP contribution in [0, 0.1) is 18.3 Å². The molecule has 0 aromatic carbocycles. The number of nitrogens with two attached hydrogens (primary N) is 1. The van der Waals surface area contributed by atoms with Gasteiger partial charge in [0.25, 0.3) is 5.95 Å². The fourth-order valence-corrected chi connectivity index (χ4v) is 5.37. The van der Waals surface area contributed by atoms with Crippen molar-refractivity contribution in [2.75, 3.05) is 19.8 Å². The number of amidine groups is 1. The van der Waals surface area contributed by atoms with Crippen molar-refractivity contribution in [1.29, 1.82) is 0 Å². The van der Waals surface area contributed by atoms with Crippen LogP contribution in [0.2, 0.25) is 0 Å². The smallest absolute Gasteiger partial charge is 0.305 e. The molecule has 0 aliphatic carbocycles. The standard InChI is InChI=1S/C23H42O6.C15H26FN3.C8H12O2/c1-4-6-8-10-12-14-16-22(25)27-18-21(29-20(3)24)19-28-23(26)17-15-13-11-9-7-5-2;1-6-8-9-13(16)19-15(17)14(11(3)4)18-10-12(5)7-2;1-3-8(6-9)5-4-7(2)10-8/h21,24H,3-19H2,1-2H3;9-10,12H,6-8H2,1-5H3,(H2,17,19);1,7,9H,4-6H2,2H3/b;13-9+,18-10?;. The predicted octanol–water partition coefficient (Wildman–Crippen LogP) is 10.9. The molecular formula is C46H80FN3O8. The third-order valence-electron chi connectivity index (χ3n) is 9.18. The number of hydrogen-bond acceptors (Lipinski definition) is 10. The number of aliphatic hydroxyl groups is 2. The number of aliphatic hydroxyl groups excluding tert-OH is 2. The first-order valence-electron chi connectivity index (χ1n) is 21.7. The second kappa shape index (κ2) is 36.4. The summed E-state index contributed by atoms with van der Waals surface area (Å²) in [6, 6.07) is 0. The molecule has 3 unspecified atom stereocenters. The molecule has 3 atom stereocenters. The van der Waals surface area contributed by atoms with Gasteiger partial charge in [0, 0.05) is 19.1 Å². The molecular weight excluding hydrogens is 742 g/mol. The molecule has 0 spiro atoms. The third-order valence-corrected chi connectivity index (χ3v) is 9.18. The van der Waals surface area contributed by atoms with Crippen LogP contribution in [0.1, 0.15) is 177 Å². The predicted molar refractivity (Wildman–Crippen MR) is 235 cm³/mol. The Kier molecular flexibility index (Phi) is 35.4. The lowest BCUT2D eigenvalue weighted by atomic mass is 10.0. The summed E-state index contributed by atoms with van der Waals surface area (Å²) in [4.78, 5) is 31.8. The van der Waals surface area contributed by atoms with E-state index in [0.717, 1.165) is 69.8 Å². The van der Waals surface area contributed by atoms with Gasteiger partial charge in [0.05, 0.1) is 12.7 Å². The molecule has 12 heteroatoms. The van der Waals surface area contributed by atoms with E-state index in [9.17, 15) is 19.1 Å². The maximum Gasteiger partial charge on any atom is 0.305 e. The number of nitrogens with zero attached hydrogens (tertiary/aromatic N) is 2. The highest BCUT2D eigenvalue weighted by Crippen LogP contribution is 2.28. The Hall–Kier alpha value is -3.69. The number of esters is 2. The summed E-state index contributed by atoms with van der Waals surface area (Å²) in [6.45, 7) is 19.3. The van der Waals surface area contributed by atoms with Gasteiger partial charge in [-0.15, -0.1) is 6.42 Å². The molecule has 1 fully saturated rings. The quantitative estimate of drug-likeness (QED) is 0.0133. The lowest BCUT2D eigenvalue weighted by Gasteiger charge is -2.19. The van der Waals surface area contributed by atoms with E-state index in [0.29, 0.717) is 30.9 Å². The molecule has 0 saturated carbocycles. The van der Waals surface area contributed by atoms with Gasteiger partial charge in [0.1, 0.15) is 18.9 Å². The molecule has 0 amide bonds. The van der Waals surface area contributed by atoms with E-state index in [4.69, 9.17) is 36.2 Å². The first kappa shape index (κ1) is 56.4. The summed E-state index contributed by atoms with van der Waals surface area (Å²) in [7, 11) is 0. The molecule has 1 aliphatic rings. The maximum atomic E-state index is 13.4. The Bertz CT molecular complexity index is 1260. The first-order chi connectivity index (χ1) is 27.6. The zero-order chi connectivity index (χ0) is 44.2. The molecule has 0 bridgehead atoms. The van der Waals surface area contributed by atoms with Crippen LogP contribution in [0.5, 0.6) is 0 Å². The van der Waals surface area contributed by atoms with Crippen molar-refractivity contribution in [1.82, 2.24) is 0 Å². The highest BCUT2D eigenvalue weighted by molar-refractivity contribution is 5.99. The van der Waals surface area contributed by atoms with Crippen molar-refractivity contribution in [3.05, 3.63) is 35.8 Å². The Morgan fingerprint density at radius 1 is 0.966 bits per heavy atom. The van der Waals surface area contributed by atoms with Crippen molar-refractivity contribution >= 4 is 24.0 Å². The molecule has 0 aromatic rings. The van der Waals surface area contributed by atoms with E-state index in [1.54, 1.807) is 0 Å². The number of terminal acetylenes is 1. The Labute approximate surface area is 351 Å². The van der Waals surface area contributed by atoms with E-state index in [-0.39, 0.29) is 43.7 Å². The number of rotatable bonds is 28. The molecule has 1 heterocycles. The third kappa shape index (κ3) is 31.3. The number of aliphatic imine (C=N–C) groups is 2. The highest BCUT2D eigenvalue weighted by Gasteiger charge is 2.36. The van der Waals surface area contributed by atoms with E-state index in [1.165, 1.54) is 44.6 Å². The van der Waals surface area contributed by atoms with Crippen LogP contribution in [-0.2, 0) is 28.5 Å². The summed E-state index contributed by atoms with van der Waals surface area (Å²) >= 11 is 0. The largest absolute Gasteiger partial charge is 0.481 e. The van der Waals surface area contributed by atoms with Crippen molar-refractivity contribution in [3.63, 3.8) is 0 Å². The van der Waals surface area contributed by atoms with Crippen LogP contribution in [0.4, 0.5) is 4.39 Å². The second-order valence-corrected chi connectivity index (χ2v) is 15.1. The fraction of sp³-hybridized carbons (Fsp3) is 0.739. The summed E-state index contributed by atoms with van der Waals surface area (Å²) < 4.78 is 34.3. The Morgan fingerprint density at radius 3 is 1.86 bits per heavy atom. The number of hydrogen-bond donors (Lipinski definition) is 3. The van der Waals surface area contributed by atoms with Gasteiger partial charge in [0.15, 0.2) is 17.5 Å². The van der Waals surface area contributed by atoms with E-state index >= 15 is 0 Å². The van der Waals surface area contributed by atoms with Crippen molar-refractivity contribution < 1.29 is 43.1 Å². The Balaban J connectivity index is 0. The maximum absolute atomic E-state index is 13.4. The van der Waals surface area contributed by atoms with Gasteiger partial charge in [-0.3, -0.25) is 14.6 Å². The Morgan fingerprint density at radius 2 is 1.48 bits per heavy atom. The minimum atomic E-state index is -0.755. The van der Waals surface area contributed by atoms with Gasteiger partial charge in [-0.25, -0.2) is 4.99 Å². The lowest BCUT2D eigenvalue weighted by molar-refractivity contribution is -0.155. The average Bonchev–Trinajstić information content (AvgIpc) is 3.58. The van der Waals surface area contributed by atoms with Crippen LogP contribution in [0.25, 0.3) is 0 Å². The van der Waals surface area contributed by atoms with Crippen LogP contribution >= 0.6 is 0 Å². The van der Waals surface area contributed by atoms with Crippen molar-refractivity contribution in [2.45, 2.75) is 195 Å². The summed E-state index contributed by atoms with van der Waals surface area (Å²) in [6.07, 6.45) is 26.0. The number of halogens is 1. The van der Waals surface area contributed by atoms with Gasteiger partial charge >= 0.3 is 11.9 Å². The van der Waals surface area contributed by atoms with Crippen LogP contribution in [0.3, 0.4) is 0 Å². The molecule has 1 saturated heterocycles. The fourth-order valence-electron chi connectivity index (χ4n) is 5.37. The molecule has 4 N–H and O–H groups in total. The minimum absolute atomic E-state index is 0.0617. The molecule has 1 rings (SSSR count). The molecule has 1 aliphatic heterocycles. The van der Waals surface area contributed by atoms with Crippen LogP contribution in [-0.4, -0.2) is 71.8 Å². The lowest BCUT2D eigenvalue weighted by Crippen LogP contribution is -2.31. The molecule has 58 heavy (non-hydrogen) atoms. The number of ether oxygens (including phenoxy) is 4. The van der Waals surface area contributed by atoms with Crippen molar-refractivity contribution in [3.8, 4) is 12.3 Å². The van der Waals surface area contributed by atoms with Gasteiger partial charge in [0.2, 0.25) is 5.95 Å². The van der Waals surface area contributed by atoms with Crippen LogP contribution < -0.4 is 5.73 Å². The van der Waals surface area contributed by atoms with Crippen molar-refractivity contribution in [2.24, 2.45) is 21.6 Å². The average molecular weight is 822 g/mol. The zero-order valence-corrected chi connectivity index (χ0v) is 37.4. The van der Waals surface area contributed by atoms with Gasteiger partial charge in [-0.1, -0.05) is 111 Å². The first-order valence-corrected chi connectivity index (χ1v) is 21.7. The van der Waals surface area contributed by atoms with Gasteiger partial charge < -0.3 is 34.9 Å². The molecule has 0 radical (unpaired) electrons. The summed E-state index contributed by atoms with van der Waals surface area (Å²) in [5, 5.41) is 18.1. The minimum Gasteiger partial charge on any atom is -0.481 e. The highest BCUT2D eigenvalue weighted by atomic mass is 19.1. The number of carbonyl (C=O) groups excluding carboxylic acids is 2. The van der Waals surface area contributed by atoms with Crippen LogP contribution in [0.15, 0.2) is 45.8 Å². The summed E-state index contributed by atoms with van der Waals surface area (Å²) in [5.41, 5.74) is 6.63. The molecule has 0 aromatic heterocycles. The second-order valence-electron chi connectivity index (χ2n) is 15.1. The van der Waals surface area contributed by atoms with Gasteiger partial charge in [-0.2, -0.15) is 4.39 Å². The normalized spacial score (nSPS) is 17.0. The number of unbranched alkanes of at least 4 members (excludes halogenated alkanes) is 11. The SMILES string of the molecule is C#CC1(CO)CCC(C)O1.C=C(O)OC(COC(=O)CCCCCCCC)COC(=O)CCCCCCCC.CCC/C=C(F)/N=C(/N)C(N=CC(C)CC)=C(C)C. The monoisotopic (exact) mass is 822 g/mol.